The van der Waals surface area contributed by atoms with Gasteiger partial charge in [0.2, 0.25) is 5.91 Å². The third-order valence-corrected chi connectivity index (χ3v) is 7.92. The Morgan fingerprint density at radius 2 is 1.83 bits per heavy atom. The maximum absolute atomic E-state index is 13.1. The lowest BCUT2D eigenvalue weighted by molar-refractivity contribution is -0.147. The first kappa shape index (κ1) is 20.0. The molecule has 1 amide bonds. The van der Waals surface area contributed by atoms with Crippen LogP contribution in [0.3, 0.4) is 0 Å². The lowest BCUT2D eigenvalue weighted by Crippen LogP contribution is -2.54. The number of nitrogens with one attached hydrogen (secondary N) is 2. The Labute approximate surface area is 175 Å². The van der Waals surface area contributed by atoms with Crippen molar-refractivity contribution in [3.63, 3.8) is 0 Å². The molecule has 0 spiro atoms. The van der Waals surface area contributed by atoms with Gasteiger partial charge in [0.25, 0.3) is 5.56 Å². The van der Waals surface area contributed by atoms with Gasteiger partial charge in [0.15, 0.2) is 0 Å². The fraction of sp³-hybridized carbons (Fsp3) is 0.773. The van der Waals surface area contributed by atoms with E-state index < -0.39 is 29.7 Å². The van der Waals surface area contributed by atoms with Crippen molar-refractivity contribution < 1.29 is 14.6 Å². The highest BCUT2D eigenvalue weighted by Gasteiger charge is 2.54. The van der Waals surface area contributed by atoms with E-state index in [1.165, 1.54) is 30.0 Å². The van der Waals surface area contributed by atoms with Gasteiger partial charge in [-0.2, -0.15) is 0 Å². The van der Waals surface area contributed by atoms with Gasteiger partial charge < -0.3 is 15.2 Å². The second kappa shape index (κ2) is 7.34. The number of aromatic amines is 1. The molecule has 0 radical (unpaired) electrons. The highest BCUT2D eigenvalue weighted by molar-refractivity contribution is 5.83. The van der Waals surface area contributed by atoms with Crippen molar-refractivity contribution in [3.8, 4) is 0 Å². The molecule has 4 aliphatic carbocycles. The standard InChI is InChI=1S/C22H31N3O5/c1-2-15-11-25(21(29)24-19(15)27)18-6-16(26)17(30-18)10-23-20(28)22-7-12-3-13(8-22)5-14(4-12)9-22/h11-14,16-18,26H,2-10H2,1H3,(H,23,28)(H,24,27,29)/t12?,13?,14?,16?,17-,18-,22?/m0/s1. The minimum Gasteiger partial charge on any atom is -0.390 e. The zero-order valence-electron chi connectivity index (χ0n) is 17.4. The molecule has 1 aromatic rings. The molecule has 6 rings (SSSR count). The van der Waals surface area contributed by atoms with Crippen LogP contribution in [0, 0.1) is 23.2 Å². The summed E-state index contributed by atoms with van der Waals surface area (Å²) in [6.45, 7) is 2.07. The highest BCUT2D eigenvalue weighted by Crippen LogP contribution is 2.60. The predicted molar refractivity (Wildman–Crippen MR) is 109 cm³/mol. The first-order chi connectivity index (χ1) is 14.4. The van der Waals surface area contributed by atoms with Gasteiger partial charge in [0.05, 0.1) is 6.10 Å². The van der Waals surface area contributed by atoms with Gasteiger partial charge >= 0.3 is 5.69 Å². The molecule has 1 aromatic heterocycles. The van der Waals surface area contributed by atoms with Crippen LogP contribution in [0.1, 0.15) is 63.7 Å². The van der Waals surface area contributed by atoms with E-state index in [9.17, 15) is 19.5 Å². The zero-order valence-corrected chi connectivity index (χ0v) is 17.4. The Hall–Kier alpha value is -1.93. The predicted octanol–water partition coefficient (Wildman–Crippen LogP) is 1.08. The zero-order chi connectivity index (χ0) is 21.0. The van der Waals surface area contributed by atoms with E-state index >= 15 is 0 Å². The molecular formula is C22H31N3O5. The fourth-order valence-corrected chi connectivity index (χ4v) is 6.83. The first-order valence-corrected chi connectivity index (χ1v) is 11.3. The van der Waals surface area contributed by atoms with E-state index in [4.69, 9.17) is 4.74 Å². The first-order valence-electron chi connectivity index (χ1n) is 11.3. The normalized spacial score (nSPS) is 39.4. The van der Waals surface area contributed by atoms with Crippen molar-refractivity contribution in [1.82, 2.24) is 14.9 Å². The number of rotatable bonds is 5. The molecule has 1 unspecified atom stereocenters. The van der Waals surface area contributed by atoms with Gasteiger partial charge in [-0.15, -0.1) is 0 Å². The van der Waals surface area contributed by atoms with Crippen LogP contribution in [0.2, 0.25) is 0 Å². The summed E-state index contributed by atoms with van der Waals surface area (Å²) in [5, 5.41) is 13.5. The van der Waals surface area contributed by atoms with E-state index in [2.05, 4.69) is 10.3 Å². The second-order valence-electron chi connectivity index (χ2n) is 10.0. The number of carbonyl (C=O) groups is 1. The minimum atomic E-state index is -0.782. The average molecular weight is 418 g/mol. The molecule has 5 fully saturated rings. The second-order valence-corrected chi connectivity index (χ2v) is 10.0. The quantitative estimate of drug-likeness (QED) is 0.664. The summed E-state index contributed by atoms with van der Waals surface area (Å²) in [5.41, 5.74) is -0.681. The van der Waals surface area contributed by atoms with Crippen LogP contribution >= 0.6 is 0 Å². The molecule has 1 saturated heterocycles. The average Bonchev–Trinajstić information content (AvgIpc) is 3.05. The summed E-state index contributed by atoms with van der Waals surface area (Å²) in [6, 6.07) is 0. The number of aryl methyl sites for hydroxylation is 1. The molecule has 8 nitrogen and oxygen atoms in total. The van der Waals surface area contributed by atoms with Crippen LogP contribution in [0.5, 0.6) is 0 Å². The summed E-state index contributed by atoms with van der Waals surface area (Å²) in [4.78, 5) is 39.5. The minimum absolute atomic E-state index is 0.107. The molecule has 0 aromatic carbocycles. The Balaban J connectivity index is 1.24. The summed E-state index contributed by atoms with van der Waals surface area (Å²) in [6.07, 6.45) is 7.07. The number of aromatic nitrogens is 2. The van der Waals surface area contributed by atoms with Crippen molar-refractivity contribution in [2.75, 3.05) is 6.54 Å². The van der Waals surface area contributed by atoms with Crippen LogP contribution in [0.15, 0.2) is 15.8 Å². The van der Waals surface area contributed by atoms with Crippen molar-refractivity contribution in [2.45, 2.75) is 76.7 Å². The number of nitrogens with zero attached hydrogens (tertiary/aromatic N) is 1. The third-order valence-electron chi connectivity index (χ3n) is 7.92. The molecule has 8 heteroatoms. The molecule has 1 aliphatic heterocycles. The molecular weight excluding hydrogens is 386 g/mol. The molecule has 3 atom stereocenters. The van der Waals surface area contributed by atoms with Crippen LogP contribution in [0.25, 0.3) is 0 Å². The number of ether oxygens (including phenoxy) is 1. The van der Waals surface area contributed by atoms with Gasteiger partial charge in [0, 0.05) is 30.1 Å². The number of amides is 1. The monoisotopic (exact) mass is 417 g/mol. The fourth-order valence-electron chi connectivity index (χ4n) is 6.83. The van der Waals surface area contributed by atoms with Gasteiger partial charge in [-0.1, -0.05) is 6.92 Å². The molecule has 5 aliphatic rings. The Morgan fingerprint density at radius 1 is 1.20 bits per heavy atom. The van der Waals surface area contributed by atoms with Crippen LogP contribution in [-0.2, 0) is 16.0 Å². The van der Waals surface area contributed by atoms with Crippen molar-refractivity contribution in [3.05, 3.63) is 32.6 Å². The summed E-state index contributed by atoms with van der Waals surface area (Å²) in [5.74, 6) is 2.19. The Morgan fingerprint density at radius 3 is 2.43 bits per heavy atom. The van der Waals surface area contributed by atoms with Crippen molar-refractivity contribution in [1.29, 1.82) is 0 Å². The maximum Gasteiger partial charge on any atom is 0.330 e. The van der Waals surface area contributed by atoms with Gasteiger partial charge in [-0.05, 0) is 62.7 Å². The third kappa shape index (κ3) is 3.34. The lowest BCUT2D eigenvalue weighted by atomic mass is 9.49. The van der Waals surface area contributed by atoms with E-state index in [0.29, 0.717) is 29.7 Å². The molecule has 4 saturated carbocycles. The SMILES string of the molecule is CCc1cn([C@@H]2CC(O)[C@H](CNC(=O)C34CC5CC(CC(C5)C3)C4)O2)c(=O)[nH]c1=O. The Kier molecular flexibility index (Phi) is 4.89. The van der Waals surface area contributed by atoms with Gasteiger partial charge in [-0.3, -0.25) is 19.1 Å². The summed E-state index contributed by atoms with van der Waals surface area (Å²) < 4.78 is 7.26. The van der Waals surface area contributed by atoms with E-state index in [1.807, 2.05) is 6.92 Å². The van der Waals surface area contributed by atoms with Gasteiger partial charge in [0.1, 0.15) is 12.3 Å². The summed E-state index contributed by atoms with van der Waals surface area (Å²) in [7, 11) is 0. The molecule has 3 N–H and O–H groups in total. The Bertz CT molecular complexity index is 916. The highest BCUT2D eigenvalue weighted by atomic mass is 16.5. The molecule has 30 heavy (non-hydrogen) atoms. The molecule has 2 heterocycles. The summed E-state index contributed by atoms with van der Waals surface area (Å²) >= 11 is 0. The number of hydrogen-bond acceptors (Lipinski definition) is 5. The van der Waals surface area contributed by atoms with Crippen LogP contribution < -0.4 is 16.6 Å². The lowest BCUT2D eigenvalue weighted by Gasteiger charge is -2.55. The van der Waals surface area contributed by atoms with Crippen molar-refractivity contribution >= 4 is 5.91 Å². The van der Waals surface area contributed by atoms with Crippen LogP contribution in [-0.4, -0.2) is 39.3 Å². The number of aliphatic hydroxyl groups excluding tert-OH is 1. The topological polar surface area (TPSA) is 113 Å². The van der Waals surface area contributed by atoms with Crippen molar-refractivity contribution in [2.24, 2.45) is 23.2 Å². The number of hydrogen-bond donors (Lipinski definition) is 3. The molecule has 4 bridgehead atoms. The number of carbonyl (C=O) groups excluding carboxylic acids is 1. The molecule has 164 valence electrons. The maximum atomic E-state index is 13.1. The van der Waals surface area contributed by atoms with E-state index in [1.54, 1.807) is 0 Å². The van der Waals surface area contributed by atoms with Crippen LogP contribution in [0.4, 0.5) is 0 Å². The van der Waals surface area contributed by atoms with Gasteiger partial charge in [-0.25, -0.2) is 4.79 Å². The smallest absolute Gasteiger partial charge is 0.330 e. The number of aliphatic hydroxyl groups is 1. The van der Waals surface area contributed by atoms with E-state index in [0.717, 1.165) is 19.3 Å². The number of H-pyrrole nitrogens is 1. The van der Waals surface area contributed by atoms with E-state index in [-0.39, 0.29) is 24.3 Å². The largest absolute Gasteiger partial charge is 0.390 e.